The average molecular weight is 470 g/mol. The average Bonchev–Trinajstić information content (AvgIpc) is 2.90. The maximum absolute atomic E-state index is 13.2. The van der Waals surface area contributed by atoms with Crippen LogP contribution < -0.4 is 15.4 Å². The zero-order valence-electron chi connectivity index (χ0n) is 20.4. The quantitative estimate of drug-likeness (QED) is 0.665. The third kappa shape index (κ3) is 6.10. The van der Waals surface area contributed by atoms with Crippen LogP contribution in [0, 0.1) is 11.8 Å². The van der Waals surface area contributed by atoms with Crippen LogP contribution in [0.5, 0.6) is 5.75 Å². The van der Waals surface area contributed by atoms with Crippen LogP contribution in [0.4, 0.5) is 0 Å². The molecular formula is C27H39N3O4. The predicted octanol–water partition coefficient (Wildman–Crippen LogP) is 3.67. The number of ether oxygens (including phenoxy) is 1. The van der Waals surface area contributed by atoms with Crippen LogP contribution in [0.25, 0.3) is 0 Å². The molecule has 0 spiro atoms. The van der Waals surface area contributed by atoms with Gasteiger partial charge in [0, 0.05) is 36.7 Å². The molecule has 3 fully saturated rings. The Morgan fingerprint density at radius 2 is 1.41 bits per heavy atom. The number of nitrogens with one attached hydrogen (secondary N) is 2. The molecule has 7 nitrogen and oxygen atoms in total. The van der Waals surface area contributed by atoms with Gasteiger partial charge in [0.2, 0.25) is 11.8 Å². The highest BCUT2D eigenvalue weighted by atomic mass is 16.5. The summed E-state index contributed by atoms with van der Waals surface area (Å²) < 4.78 is 5.17. The summed E-state index contributed by atoms with van der Waals surface area (Å²) in [7, 11) is 1.60. The van der Waals surface area contributed by atoms with Gasteiger partial charge in [-0.25, -0.2) is 0 Å². The number of methoxy groups -OCH3 is 1. The van der Waals surface area contributed by atoms with Crippen molar-refractivity contribution >= 4 is 17.7 Å². The number of benzene rings is 1. The van der Waals surface area contributed by atoms with E-state index in [4.69, 9.17) is 4.74 Å². The molecular weight excluding hydrogens is 430 g/mol. The molecule has 1 heterocycles. The normalized spacial score (nSPS) is 25.9. The van der Waals surface area contributed by atoms with Gasteiger partial charge in [0.15, 0.2) is 0 Å². The summed E-state index contributed by atoms with van der Waals surface area (Å²) in [6, 6.07) is 6.90. The number of amides is 3. The molecule has 2 saturated carbocycles. The Balaban J connectivity index is 1.32. The minimum absolute atomic E-state index is 0.0248. The van der Waals surface area contributed by atoms with Crippen LogP contribution in [-0.4, -0.2) is 54.9 Å². The lowest BCUT2D eigenvalue weighted by molar-refractivity contribution is -0.140. The number of carbonyl (C=O) groups excluding carboxylic acids is 3. The summed E-state index contributed by atoms with van der Waals surface area (Å²) in [5, 5.41) is 6.38. The summed E-state index contributed by atoms with van der Waals surface area (Å²) >= 11 is 0. The van der Waals surface area contributed by atoms with Crippen molar-refractivity contribution in [2.75, 3.05) is 20.2 Å². The molecule has 3 amide bonds. The summed E-state index contributed by atoms with van der Waals surface area (Å²) in [5.74, 6) is 0.836. The largest absolute Gasteiger partial charge is 0.497 e. The topological polar surface area (TPSA) is 87.7 Å². The van der Waals surface area contributed by atoms with Gasteiger partial charge in [-0.2, -0.15) is 0 Å². The predicted molar refractivity (Wildman–Crippen MR) is 131 cm³/mol. The van der Waals surface area contributed by atoms with Gasteiger partial charge in [0.05, 0.1) is 13.0 Å². The van der Waals surface area contributed by atoms with Gasteiger partial charge < -0.3 is 20.3 Å². The van der Waals surface area contributed by atoms with Crippen LogP contribution in [0.3, 0.4) is 0 Å². The van der Waals surface area contributed by atoms with E-state index in [1.54, 1.807) is 31.4 Å². The van der Waals surface area contributed by atoms with E-state index in [1.165, 1.54) is 6.42 Å². The summed E-state index contributed by atoms with van der Waals surface area (Å²) in [4.78, 5) is 40.9. The third-order valence-electron chi connectivity index (χ3n) is 7.82. The van der Waals surface area contributed by atoms with Crippen LogP contribution in [-0.2, 0) is 9.59 Å². The molecule has 1 aromatic rings. The maximum Gasteiger partial charge on any atom is 0.251 e. The van der Waals surface area contributed by atoms with E-state index in [0.717, 1.165) is 70.8 Å². The second-order valence-corrected chi connectivity index (χ2v) is 10.2. The lowest BCUT2D eigenvalue weighted by atomic mass is 9.86. The van der Waals surface area contributed by atoms with Crippen LogP contribution >= 0.6 is 0 Å². The van der Waals surface area contributed by atoms with Crippen molar-refractivity contribution in [1.29, 1.82) is 0 Å². The molecule has 7 heteroatoms. The first kappa shape index (κ1) is 24.6. The van der Waals surface area contributed by atoms with Crippen molar-refractivity contribution in [3.05, 3.63) is 29.8 Å². The molecule has 1 aromatic carbocycles. The highest BCUT2D eigenvalue weighted by molar-refractivity contribution is 5.94. The number of likely N-dealkylation sites (tertiary alicyclic amines) is 1. The summed E-state index contributed by atoms with van der Waals surface area (Å²) in [5.41, 5.74) is 0.584. The Hall–Kier alpha value is -2.57. The fourth-order valence-corrected chi connectivity index (χ4v) is 5.77. The van der Waals surface area contributed by atoms with E-state index < -0.39 is 0 Å². The number of hydrogen-bond acceptors (Lipinski definition) is 4. The van der Waals surface area contributed by atoms with Gasteiger partial charge >= 0.3 is 0 Å². The van der Waals surface area contributed by atoms with Crippen molar-refractivity contribution in [2.24, 2.45) is 11.8 Å². The second-order valence-electron chi connectivity index (χ2n) is 10.2. The van der Waals surface area contributed by atoms with Gasteiger partial charge in [0.1, 0.15) is 5.75 Å². The molecule has 0 radical (unpaired) electrons. The van der Waals surface area contributed by atoms with E-state index in [0.29, 0.717) is 17.9 Å². The fraction of sp³-hybridized carbons (Fsp3) is 0.667. The molecule has 1 saturated heterocycles. The lowest BCUT2D eigenvalue weighted by Gasteiger charge is -2.37. The number of carbonyl (C=O) groups is 3. The standard InChI is InChI=1S/C27H39N3O4/c1-34-22-15-13-19(14-16-22)25(31)28-23-11-5-6-12-24(23)29-26(32)21-10-7-17-30(18-21)27(33)20-8-3-2-4-9-20/h13-16,20-21,23-24H,2-12,17-18H2,1H3,(H,28,31)(H,29,32)/t21-,23-,24-/m1/s1. The highest BCUT2D eigenvalue weighted by Crippen LogP contribution is 2.28. The smallest absolute Gasteiger partial charge is 0.251 e. The molecule has 0 aromatic heterocycles. The van der Waals surface area contributed by atoms with Crippen molar-refractivity contribution in [2.45, 2.75) is 82.7 Å². The maximum atomic E-state index is 13.2. The molecule has 3 atom stereocenters. The van der Waals surface area contributed by atoms with Crippen molar-refractivity contribution in [3.8, 4) is 5.75 Å². The van der Waals surface area contributed by atoms with E-state index in [1.807, 2.05) is 4.90 Å². The molecule has 2 N–H and O–H groups in total. The summed E-state index contributed by atoms with van der Waals surface area (Å²) in [6.45, 7) is 1.29. The van der Waals surface area contributed by atoms with Crippen molar-refractivity contribution in [1.82, 2.24) is 15.5 Å². The lowest BCUT2D eigenvalue weighted by Crippen LogP contribution is -2.55. The number of piperidine rings is 1. The van der Waals surface area contributed by atoms with Crippen molar-refractivity contribution < 1.29 is 19.1 Å². The SMILES string of the molecule is COc1ccc(C(=O)N[C@@H]2CCCC[C@H]2NC(=O)[C@@H]2CCCN(C(=O)C3CCCCC3)C2)cc1. The summed E-state index contributed by atoms with van der Waals surface area (Å²) in [6.07, 6.45) is 11.0. The zero-order valence-corrected chi connectivity index (χ0v) is 20.4. The Morgan fingerprint density at radius 1 is 0.794 bits per heavy atom. The molecule has 4 rings (SSSR count). The van der Waals surface area contributed by atoms with E-state index in [-0.39, 0.29) is 41.6 Å². The Labute approximate surface area is 203 Å². The first-order chi connectivity index (χ1) is 16.5. The Kier molecular flexibility index (Phi) is 8.46. The van der Waals surface area contributed by atoms with Gasteiger partial charge in [-0.15, -0.1) is 0 Å². The van der Waals surface area contributed by atoms with Crippen LogP contribution in [0.1, 0.15) is 81.0 Å². The van der Waals surface area contributed by atoms with Gasteiger partial charge in [-0.05, 0) is 62.8 Å². The molecule has 186 valence electrons. The number of hydrogen-bond donors (Lipinski definition) is 2. The van der Waals surface area contributed by atoms with Crippen LogP contribution in [0.15, 0.2) is 24.3 Å². The molecule has 1 aliphatic heterocycles. The number of nitrogens with zero attached hydrogens (tertiary/aromatic N) is 1. The fourth-order valence-electron chi connectivity index (χ4n) is 5.77. The van der Waals surface area contributed by atoms with E-state index in [9.17, 15) is 14.4 Å². The van der Waals surface area contributed by atoms with E-state index in [2.05, 4.69) is 10.6 Å². The van der Waals surface area contributed by atoms with Gasteiger partial charge in [-0.1, -0.05) is 32.1 Å². The number of rotatable bonds is 6. The first-order valence-electron chi connectivity index (χ1n) is 13.1. The second kappa shape index (κ2) is 11.7. The molecule has 0 bridgehead atoms. The van der Waals surface area contributed by atoms with Crippen molar-refractivity contribution in [3.63, 3.8) is 0 Å². The Morgan fingerprint density at radius 3 is 2.09 bits per heavy atom. The van der Waals surface area contributed by atoms with E-state index >= 15 is 0 Å². The minimum atomic E-state index is -0.166. The minimum Gasteiger partial charge on any atom is -0.497 e. The van der Waals surface area contributed by atoms with Gasteiger partial charge in [0.25, 0.3) is 5.91 Å². The monoisotopic (exact) mass is 469 g/mol. The molecule has 0 unspecified atom stereocenters. The molecule has 2 aliphatic carbocycles. The van der Waals surface area contributed by atoms with Crippen LogP contribution in [0.2, 0.25) is 0 Å². The first-order valence-corrected chi connectivity index (χ1v) is 13.1. The molecule has 3 aliphatic rings. The highest BCUT2D eigenvalue weighted by Gasteiger charge is 2.35. The molecule has 34 heavy (non-hydrogen) atoms. The zero-order chi connectivity index (χ0) is 23.9. The Bertz CT molecular complexity index is 850. The van der Waals surface area contributed by atoms with Gasteiger partial charge in [-0.3, -0.25) is 14.4 Å². The third-order valence-corrected chi connectivity index (χ3v) is 7.82.